The van der Waals surface area contributed by atoms with Gasteiger partial charge in [0.15, 0.2) is 0 Å². The molecule has 0 radical (unpaired) electrons. The molecule has 0 aliphatic carbocycles. The molecule has 2 atom stereocenters. The number of nitrogens with zero attached hydrogens (tertiary/aromatic N) is 1. The fraction of sp³-hybridized carbons (Fsp3) is 0.438. The number of rotatable bonds is 7. The number of benzene rings is 1. The number of aryl methyl sites for hydroxylation is 1. The van der Waals surface area contributed by atoms with E-state index < -0.39 is 0 Å². The lowest BCUT2D eigenvalue weighted by molar-refractivity contribution is 0.161. The Hall–Kier alpha value is -1.23. The Balaban J connectivity index is 1.98. The van der Waals surface area contributed by atoms with Gasteiger partial charge in [0.1, 0.15) is 5.01 Å². The topological polar surface area (TPSA) is 34.1 Å². The monoisotopic (exact) mass is 290 g/mol. The molecule has 0 saturated heterocycles. The van der Waals surface area contributed by atoms with Gasteiger partial charge in [0.25, 0.3) is 0 Å². The van der Waals surface area contributed by atoms with Crippen LogP contribution in [0.1, 0.15) is 28.4 Å². The van der Waals surface area contributed by atoms with Gasteiger partial charge in [-0.1, -0.05) is 30.3 Å². The summed E-state index contributed by atoms with van der Waals surface area (Å²) in [5.74, 6) is 0. The Morgan fingerprint density at radius 1 is 1.30 bits per heavy atom. The highest BCUT2D eigenvalue weighted by Crippen LogP contribution is 2.20. The number of hydrogen-bond donors (Lipinski definition) is 1. The molecule has 1 heterocycles. The molecule has 1 aromatic carbocycles. The summed E-state index contributed by atoms with van der Waals surface area (Å²) >= 11 is 1.75. The van der Waals surface area contributed by atoms with Gasteiger partial charge in [0.05, 0.1) is 12.6 Å². The number of hydrogen-bond acceptors (Lipinski definition) is 4. The van der Waals surface area contributed by atoms with Crippen LogP contribution in [-0.2, 0) is 11.2 Å². The van der Waals surface area contributed by atoms with Crippen molar-refractivity contribution in [3.05, 3.63) is 52.0 Å². The molecule has 1 N–H and O–H groups in total. The first-order valence-corrected chi connectivity index (χ1v) is 7.72. The first-order valence-electron chi connectivity index (χ1n) is 6.90. The van der Waals surface area contributed by atoms with Gasteiger partial charge >= 0.3 is 0 Å². The van der Waals surface area contributed by atoms with Crippen molar-refractivity contribution < 1.29 is 4.74 Å². The van der Waals surface area contributed by atoms with Crippen molar-refractivity contribution in [2.75, 3.05) is 13.7 Å². The molecule has 3 nitrogen and oxygen atoms in total. The predicted octanol–water partition coefficient (Wildman–Crippen LogP) is 3.36. The molecule has 0 amide bonds. The normalized spacial score (nSPS) is 14.2. The van der Waals surface area contributed by atoms with Crippen molar-refractivity contribution in [1.82, 2.24) is 10.3 Å². The van der Waals surface area contributed by atoms with E-state index in [-0.39, 0.29) is 6.04 Å². The molecule has 20 heavy (non-hydrogen) atoms. The van der Waals surface area contributed by atoms with E-state index in [2.05, 4.69) is 48.4 Å². The fourth-order valence-electron chi connectivity index (χ4n) is 2.26. The molecule has 0 bridgehead atoms. The lowest BCUT2D eigenvalue weighted by atomic mass is 10.1. The number of aromatic nitrogens is 1. The minimum atomic E-state index is 0.248. The van der Waals surface area contributed by atoms with E-state index >= 15 is 0 Å². The Kier molecular flexibility index (Phi) is 5.71. The Labute approximate surface area is 125 Å². The Morgan fingerprint density at radius 3 is 2.65 bits per heavy atom. The van der Waals surface area contributed by atoms with Gasteiger partial charge in [-0.2, -0.15) is 0 Å². The van der Waals surface area contributed by atoms with Crippen molar-refractivity contribution in [3.63, 3.8) is 0 Å². The summed E-state index contributed by atoms with van der Waals surface area (Å²) in [5, 5.41) is 4.75. The van der Waals surface area contributed by atoms with Crippen LogP contribution in [0.15, 0.2) is 36.5 Å². The van der Waals surface area contributed by atoms with Crippen LogP contribution in [0, 0.1) is 6.92 Å². The SMILES string of the molecule is COC[C@@H](Cc1ccccc1)N[C@H](C)c1ncc(C)s1. The summed E-state index contributed by atoms with van der Waals surface area (Å²) in [6.45, 7) is 4.94. The lowest BCUT2D eigenvalue weighted by Gasteiger charge is -2.21. The number of methoxy groups -OCH3 is 1. The van der Waals surface area contributed by atoms with E-state index in [1.807, 2.05) is 12.3 Å². The molecule has 0 unspecified atom stereocenters. The highest BCUT2D eigenvalue weighted by Gasteiger charge is 2.16. The summed E-state index contributed by atoms with van der Waals surface area (Å²) in [6.07, 6.45) is 2.89. The molecule has 2 rings (SSSR count). The van der Waals surface area contributed by atoms with Crippen LogP contribution in [0.2, 0.25) is 0 Å². The van der Waals surface area contributed by atoms with Gasteiger partial charge in [0.2, 0.25) is 0 Å². The summed E-state index contributed by atoms with van der Waals surface area (Å²) in [4.78, 5) is 5.70. The molecule has 1 aromatic heterocycles. The number of thiazole rings is 1. The van der Waals surface area contributed by atoms with E-state index in [0.717, 1.165) is 11.4 Å². The molecular formula is C16H22N2OS. The van der Waals surface area contributed by atoms with Crippen LogP contribution in [0.3, 0.4) is 0 Å². The van der Waals surface area contributed by atoms with Gasteiger partial charge in [-0.3, -0.25) is 0 Å². The second-order valence-corrected chi connectivity index (χ2v) is 6.31. The summed E-state index contributed by atoms with van der Waals surface area (Å²) in [7, 11) is 1.75. The van der Waals surface area contributed by atoms with Crippen molar-refractivity contribution in [2.24, 2.45) is 0 Å². The Bertz CT molecular complexity index is 512. The van der Waals surface area contributed by atoms with Crippen LogP contribution >= 0.6 is 11.3 Å². The van der Waals surface area contributed by atoms with Crippen molar-refractivity contribution in [1.29, 1.82) is 0 Å². The van der Waals surface area contributed by atoms with E-state index in [0.29, 0.717) is 12.6 Å². The molecule has 4 heteroatoms. The second-order valence-electron chi connectivity index (χ2n) is 5.04. The lowest BCUT2D eigenvalue weighted by Crippen LogP contribution is -2.37. The zero-order valence-corrected chi connectivity index (χ0v) is 13.1. The van der Waals surface area contributed by atoms with E-state index in [9.17, 15) is 0 Å². The van der Waals surface area contributed by atoms with Crippen LogP contribution < -0.4 is 5.32 Å². The summed E-state index contributed by atoms with van der Waals surface area (Å²) < 4.78 is 5.34. The quantitative estimate of drug-likeness (QED) is 0.849. The maximum absolute atomic E-state index is 5.34. The van der Waals surface area contributed by atoms with Gasteiger partial charge in [-0.25, -0.2) is 4.98 Å². The second kappa shape index (κ2) is 7.53. The van der Waals surface area contributed by atoms with E-state index in [1.54, 1.807) is 18.4 Å². The molecule has 0 saturated carbocycles. The summed E-state index contributed by atoms with van der Waals surface area (Å²) in [6, 6.07) is 11.0. The minimum Gasteiger partial charge on any atom is -0.383 e. The fourth-order valence-corrected chi connectivity index (χ4v) is 3.05. The third-order valence-electron chi connectivity index (χ3n) is 3.19. The molecule has 0 aliphatic rings. The smallest absolute Gasteiger partial charge is 0.109 e. The zero-order valence-electron chi connectivity index (χ0n) is 12.3. The predicted molar refractivity (Wildman–Crippen MR) is 84.2 cm³/mol. The largest absolute Gasteiger partial charge is 0.383 e. The minimum absolute atomic E-state index is 0.248. The average molecular weight is 290 g/mol. The molecule has 108 valence electrons. The van der Waals surface area contributed by atoms with Gasteiger partial charge in [-0.15, -0.1) is 11.3 Å². The third kappa shape index (κ3) is 4.40. The maximum atomic E-state index is 5.34. The van der Waals surface area contributed by atoms with Gasteiger partial charge < -0.3 is 10.1 Å². The zero-order chi connectivity index (χ0) is 14.4. The average Bonchev–Trinajstić information content (AvgIpc) is 2.87. The van der Waals surface area contributed by atoms with Crippen LogP contribution in [0.5, 0.6) is 0 Å². The Morgan fingerprint density at radius 2 is 2.05 bits per heavy atom. The molecule has 0 aliphatic heterocycles. The number of nitrogens with one attached hydrogen (secondary N) is 1. The van der Waals surface area contributed by atoms with Crippen molar-refractivity contribution in [2.45, 2.75) is 32.4 Å². The first-order chi connectivity index (χ1) is 9.69. The van der Waals surface area contributed by atoms with E-state index in [1.165, 1.54) is 10.4 Å². The van der Waals surface area contributed by atoms with Crippen LogP contribution in [-0.4, -0.2) is 24.7 Å². The standard InChI is InChI=1S/C16H22N2OS/c1-12-10-17-16(20-12)13(2)18-15(11-19-3)9-14-7-5-4-6-8-14/h4-8,10,13,15,18H,9,11H2,1-3H3/t13-,15-/m1/s1. The molecular weight excluding hydrogens is 268 g/mol. The third-order valence-corrected chi connectivity index (χ3v) is 4.28. The van der Waals surface area contributed by atoms with Crippen molar-refractivity contribution >= 4 is 11.3 Å². The number of ether oxygens (including phenoxy) is 1. The highest BCUT2D eigenvalue weighted by molar-refractivity contribution is 7.11. The van der Waals surface area contributed by atoms with Gasteiger partial charge in [0, 0.05) is 24.2 Å². The molecule has 0 spiro atoms. The van der Waals surface area contributed by atoms with Gasteiger partial charge in [-0.05, 0) is 25.8 Å². The molecule has 0 fully saturated rings. The van der Waals surface area contributed by atoms with Crippen LogP contribution in [0.4, 0.5) is 0 Å². The van der Waals surface area contributed by atoms with E-state index in [4.69, 9.17) is 4.74 Å². The summed E-state index contributed by atoms with van der Waals surface area (Å²) in [5.41, 5.74) is 1.32. The van der Waals surface area contributed by atoms with Crippen LogP contribution in [0.25, 0.3) is 0 Å². The van der Waals surface area contributed by atoms with Crippen molar-refractivity contribution in [3.8, 4) is 0 Å². The maximum Gasteiger partial charge on any atom is 0.109 e. The molecule has 2 aromatic rings. The first kappa shape index (κ1) is 15.2. The highest BCUT2D eigenvalue weighted by atomic mass is 32.1.